The molecule has 0 atom stereocenters. The number of tetrazole rings is 1. The molecule has 0 radical (unpaired) electrons. The van der Waals surface area contributed by atoms with Gasteiger partial charge in [0.1, 0.15) is 5.82 Å². The van der Waals surface area contributed by atoms with Gasteiger partial charge in [0.25, 0.3) is 5.56 Å². The Bertz CT molecular complexity index is 1670. The van der Waals surface area contributed by atoms with Crippen molar-refractivity contribution in [2.45, 2.75) is 46.3 Å². The predicted octanol–water partition coefficient (Wildman–Crippen LogP) is 2.99. The third-order valence-electron chi connectivity index (χ3n) is 6.88. The molecule has 5 aromatic rings. The molecule has 0 saturated heterocycles. The average Bonchev–Trinajstić information content (AvgIpc) is 3.42. The number of H-pyrrole nitrogens is 1. The number of benzene rings is 2. The molecule has 0 aliphatic heterocycles. The fourth-order valence-electron chi connectivity index (χ4n) is 4.77. The maximum Gasteiger partial charge on any atom is 0.332 e. The Balaban J connectivity index is 1.39. The molecule has 1 aliphatic carbocycles. The number of nitrogens with one attached hydrogen (secondary N) is 1. The van der Waals surface area contributed by atoms with Gasteiger partial charge in [-0.15, -0.1) is 10.2 Å². The standard InChI is InChI=1S/C26H26N8O2/c1-3-32-25(35)22-24(34(26(32)36)15-17-8-9-17)27-16(2)33(22)14-18-10-12-19(13-11-18)20-6-4-5-7-21(20)23-28-30-31-29-23/h4-7,10-13,17H,3,8-9,14-15H2,1-2H3,(H,28,29,30,31). The van der Waals surface area contributed by atoms with Gasteiger partial charge in [-0.25, -0.2) is 9.78 Å². The number of hydrogen-bond donors (Lipinski definition) is 1. The summed E-state index contributed by atoms with van der Waals surface area (Å²) < 4.78 is 4.94. The second kappa shape index (κ2) is 8.71. The zero-order valence-electron chi connectivity index (χ0n) is 20.2. The summed E-state index contributed by atoms with van der Waals surface area (Å²) in [6.07, 6.45) is 2.22. The molecule has 0 amide bonds. The fraction of sp³-hybridized carbons (Fsp3) is 0.308. The maximum atomic E-state index is 13.3. The van der Waals surface area contributed by atoms with E-state index in [1.54, 1.807) is 4.57 Å². The molecule has 2 aromatic carbocycles. The molecule has 10 heteroatoms. The monoisotopic (exact) mass is 482 g/mol. The summed E-state index contributed by atoms with van der Waals surface area (Å²) in [6.45, 7) is 5.14. The van der Waals surface area contributed by atoms with Crippen LogP contribution in [0, 0.1) is 12.8 Å². The molecule has 1 fully saturated rings. The molecular formula is C26H26N8O2. The van der Waals surface area contributed by atoms with Crippen molar-refractivity contribution < 1.29 is 0 Å². The summed E-state index contributed by atoms with van der Waals surface area (Å²) in [5, 5.41) is 14.4. The van der Waals surface area contributed by atoms with Crippen LogP contribution in [0.3, 0.4) is 0 Å². The summed E-state index contributed by atoms with van der Waals surface area (Å²) in [5.74, 6) is 1.74. The highest BCUT2D eigenvalue weighted by Crippen LogP contribution is 2.31. The summed E-state index contributed by atoms with van der Waals surface area (Å²) in [6, 6.07) is 16.1. The lowest BCUT2D eigenvalue weighted by Gasteiger charge is -2.12. The van der Waals surface area contributed by atoms with E-state index in [-0.39, 0.29) is 11.2 Å². The molecule has 1 aliphatic rings. The van der Waals surface area contributed by atoms with Crippen LogP contribution in [-0.2, 0) is 19.6 Å². The molecular weight excluding hydrogens is 456 g/mol. The lowest BCUT2D eigenvalue weighted by Crippen LogP contribution is -2.40. The first-order valence-electron chi connectivity index (χ1n) is 12.2. The van der Waals surface area contributed by atoms with Gasteiger partial charge in [-0.1, -0.05) is 48.5 Å². The topological polar surface area (TPSA) is 116 Å². The van der Waals surface area contributed by atoms with Crippen molar-refractivity contribution in [1.29, 1.82) is 0 Å². The minimum absolute atomic E-state index is 0.267. The van der Waals surface area contributed by atoms with Gasteiger partial charge in [0.05, 0.1) is 0 Å². The minimum Gasteiger partial charge on any atom is -0.318 e. The van der Waals surface area contributed by atoms with Crippen LogP contribution in [0.5, 0.6) is 0 Å². The Hall–Kier alpha value is -4.34. The average molecular weight is 483 g/mol. The van der Waals surface area contributed by atoms with Crippen LogP contribution in [0.2, 0.25) is 0 Å². The van der Waals surface area contributed by atoms with Crippen LogP contribution in [-0.4, -0.2) is 39.3 Å². The molecule has 0 unspecified atom stereocenters. The van der Waals surface area contributed by atoms with Crippen molar-refractivity contribution >= 4 is 11.2 Å². The summed E-state index contributed by atoms with van der Waals surface area (Å²) in [7, 11) is 0. The Labute approximate surface area is 206 Å². The molecule has 3 aromatic heterocycles. The number of aromatic amines is 1. The van der Waals surface area contributed by atoms with E-state index < -0.39 is 0 Å². The van der Waals surface area contributed by atoms with E-state index >= 15 is 0 Å². The summed E-state index contributed by atoms with van der Waals surface area (Å²) >= 11 is 0. The highest BCUT2D eigenvalue weighted by molar-refractivity contribution is 5.80. The second-order valence-electron chi connectivity index (χ2n) is 9.28. The number of aryl methyl sites for hydroxylation is 1. The first-order chi connectivity index (χ1) is 17.5. The Morgan fingerprint density at radius 1 is 0.972 bits per heavy atom. The molecule has 182 valence electrons. The molecule has 36 heavy (non-hydrogen) atoms. The van der Waals surface area contributed by atoms with E-state index in [1.807, 2.05) is 54.8 Å². The third-order valence-corrected chi connectivity index (χ3v) is 6.88. The molecule has 6 rings (SSSR count). The van der Waals surface area contributed by atoms with E-state index in [0.29, 0.717) is 48.4 Å². The quantitative estimate of drug-likeness (QED) is 0.381. The molecule has 1 N–H and O–H groups in total. The largest absolute Gasteiger partial charge is 0.332 e. The van der Waals surface area contributed by atoms with Crippen molar-refractivity contribution in [3.05, 3.63) is 80.8 Å². The number of aromatic nitrogens is 8. The summed E-state index contributed by atoms with van der Waals surface area (Å²) in [5.41, 5.74) is 4.38. The SMILES string of the molecule is CCn1c(=O)c2c(nc(C)n2Cc2ccc(-c3ccccc3-c3nn[nH]n3)cc2)n(CC2CC2)c1=O. The van der Waals surface area contributed by atoms with Crippen molar-refractivity contribution in [2.75, 3.05) is 0 Å². The minimum atomic E-state index is -0.282. The zero-order valence-corrected chi connectivity index (χ0v) is 20.2. The van der Waals surface area contributed by atoms with Crippen molar-refractivity contribution in [3.8, 4) is 22.5 Å². The second-order valence-corrected chi connectivity index (χ2v) is 9.28. The third kappa shape index (κ3) is 3.74. The van der Waals surface area contributed by atoms with Gasteiger partial charge in [0.15, 0.2) is 11.2 Å². The highest BCUT2D eigenvalue weighted by atomic mass is 16.2. The van der Waals surface area contributed by atoms with E-state index in [4.69, 9.17) is 0 Å². The van der Waals surface area contributed by atoms with Crippen LogP contribution in [0.4, 0.5) is 0 Å². The zero-order chi connectivity index (χ0) is 24.8. The molecule has 3 heterocycles. The van der Waals surface area contributed by atoms with Gasteiger partial charge < -0.3 is 4.57 Å². The van der Waals surface area contributed by atoms with Crippen LogP contribution in [0.25, 0.3) is 33.7 Å². The van der Waals surface area contributed by atoms with E-state index in [9.17, 15) is 9.59 Å². The van der Waals surface area contributed by atoms with Crippen LogP contribution in [0.1, 0.15) is 31.2 Å². The van der Waals surface area contributed by atoms with Gasteiger partial charge in [-0.05, 0) is 54.5 Å². The lowest BCUT2D eigenvalue weighted by molar-refractivity contribution is 0.554. The van der Waals surface area contributed by atoms with Gasteiger partial charge in [-0.3, -0.25) is 13.9 Å². The van der Waals surface area contributed by atoms with Crippen molar-refractivity contribution in [1.82, 2.24) is 39.3 Å². The maximum absolute atomic E-state index is 13.3. The number of nitrogens with zero attached hydrogens (tertiary/aromatic N) is 7. The van der Waals surface area contributed by atoms with Crippen molar-refractivity contribution in [2.24, 2.45) is 5.92 Å². The number of imidazole rings is 1. The van der Waals surface area contributed by atoms with E-state index in [0.717, 1.165) is 35.1 Å². The van der Waals surface area contributed by atoms with Gasteiger partial charge in [0.2, 0.25) is 5.82 Å². The van der Waals surface area contributed by atoms with Crippen LogP contribution < -0.4 is 11.2 Å². The van der Waals surface area contributed by atoms with Gasteiger partial charge in [0, 0.05) is 25.2 Å². The highest BCUT2D eigenvalue weighted by Gasteiger charge is 2.26. The fourth-order valence-corrected chi connectivity index (χ4v) is 4.77. The Morgan fingerprint density at radius 2 is 1.72 bits per heavy atom. The summed E-state index contributed by atoms with van der Waals surface area (Å²) in [4.78, 5) is 31.0. The number of rotatable bonds is 7. The molecule has 0 bridgehead atoms. The molecule has 0 spiro atoms. The normalized spacial score (nSPS) is 13.5. The van der Waals surface area contributed by atoms with Crippen molar-refractivity contribution in [3.63, 3.8) is 0 Å². The van der Waals surface area contributed by atoms with E-state index in [2.05, 4.69) is 37.7 Å². The number of fused-ring (bicyclic) bond motifs is 1. The van der Waals surface area contributed by atoms with E-state index in [1.165, 1.54) is 4.57 Å². The van der Waals surface area contributed by atoms with Crippen LogP contribution in [0.15, 0.2) is 58.1 Å². The molecule has 1 saturated carbocycles. The number of hydrogen-bond acceptors (Lipinski definition) is 6. The molecule has 10 nitrogen and oxygen atoms in total. The Morgan fingerprint density at radius 3 is 2.39 bits per heavy atom. The lowest BCUT2D eigenvalue weighted by atomic mass is 9.98. The predicted molar refractivity (Wildman–Crippen MR) is 136 cm³/mol. The first kappa shape index (κ1) is 22.1. The van der Waals surface area contributed by atoms with Gasteiger partial charge in [-0.2, -0.15) is 5.21 Å². The first-order valence-corrected chi connectivity index (χ1v) is 12.2. The smallest absolute Gasteiger partial charge is 0.318 e. The Kier molecular flexibility index (Phi) is 5.36. The van der Waals surface area contributed by atoms with Gasteiger partial charge >= 0.3 is 5.69 Å². The van der Waals surface area contributed by atoms with Crippen LogP contribution >= 0.6 is 0 Å².